The Kier molecular flexibility index (Phi) is 3.99. The van der Waals surface area contributed by atoms with Crippen molar-refractivity contribution in [2.75, 3.05) is 0 Å². The lowest BCUT2D eigenvalue weighted by molar-refractivity contribution is 0.744. The van der Waals surface area contributed by atoms with Crippen molar-refractivity contribution < 1.29 is 1.43 Å². The van der Waals surface area contributed by atoms with Gasteiger partial charge in [-0.3, -0.25) is 4.99 Å². The third kappa shape index (κ3) is 2.90. The molecular formula is C20H19N3S. The highest BCUT2D eigenvalue weighted by atomic mass is 32.1. The van der Waals surface area contributed by atoms with Crippen LogP contribution in [0.3, 0.4) is 0 Å². The van der Waals surface area contributed by atoms with Crippen LogP contribution in [0.5, 0.6) is 0 Å². The summed E-state index contributed by atoms with van der Waals surface area (Å²) in [5.74, 6) is 0.462. The largest absolute Gasteiger partial charge is 0.360 e. The Morgan fingerprint density at radius 3 is 3.29 bits per heavy atom. The summed E-state index contributed by atoms with van der Waals surface area (Å²) in [5.41, 5.74) is 8.39. The molecule has 4 rings (SSSR count). The van der Waals surface area contributed by atoms with Gasteiger partial charge in [0, 0.05) is 36.4 Å². The first kappa shape index (κ1) is 14.9. The number of H-pyrrole nitrogens is 1. The van der Waals surface area contributed by atoms with E-state index in [-0.39, 0.29) is 1.43 Å². The summed E-state index contributed by atoms with van der Waals surface area (Å²) in [5, 5.41) is 3.06. The Labute approximate surface area is 146 Å². The molecule has 1 aliphatic carbocycles. The van der Waals surface area contributed by atoms with E-state index in [1.165, 1.54) is 0 Å². The molecule has 0 aromatic carbocycles. The molecule has 0 radical (unpaired) electrons. The van der Waals surface area contributed by atoms with E-state index < -0.39 is 0 Å². The average Bonchev–Trinajstić information content (AvgIpc) is 3.12. The number of fused-ring (bicyclic) bond motifs is 1. The van der Waals surface area contributed by atoms with Gasteiger partial charge in [-0.25, -0.2) is 4.98 Å². The van der Waals surface area contributed by atoms with Gasteiger partial charge in [-0.05, 0) is 24.5 Å². The van der Waals surface area contributed by atoms with E-state index in [0.29, 0.717) is 5.92 Å². The molecular weight excluding hydrogens is 314 g/mol. The summed E-state index contributed by atoms with van der Waals surface area (Å²) in [6.45, 7) is 2.20. The minimum Gasteiger partial charge on any atom is -0.360 e. The lowest BCUT2D eigenvalue weighted by Gasteiger charge is -2.06. The van der Waals surface area contributed by atoms with Crippen molar-refractivity contribution in [2.45, 2.75) is 13.3 Å². The van der Waals surface area contributed by atoms with Gasteiger partial charge in [0.1, 0.15) is 5.01 Å². The minimum atomic E-state index is 0. The molecule has 1 aliphatic heterocycles. The van der Waals surface area contributed by atoms with Gasteiger partial charge in [0.2, 0.25) is 0 Å². The Morgan fingerprint density at radius 2 is 2.33 bits per heavy atom. The number of rotatable bonds is 2. The van der Waals surface area contributed by atoms with Crippen LogP contribution in [0.1, 0.15) is 31.0 Å². The maximum Gasteiger partial charge on any atom is 0.142 e. The summed E-state index contributed by atoms with van der Waals surface area (Å²) in [6, 6.07) is 0. The molecule has 0 saturated heterocycles. The zero-order valence-corrected chi connectivity index (χ0v) is 14.2. The first-order valence-corrected chi connectivity index (χ1v) is 8.87. The predicted molar refractivity (Wildman–Crippen MR) is 105 cm³/mol. The fourth-order valence-corrected chi connectivity index (χ4v) is 3.59. The first-order chi connectivity index (χ1) is 11.8. The molecule has 2 aliphatic rings. The number of nitrogens with zero attached hydrogens (tertiary/aromatic N) is 2. The first-order valence-electron chi connectivity index (χ1n) is 7.99. The minimum absolute atomic E-state index is 0. The van der Waals surface area contributed by atoms with Crippen molar-refractivity contribution in [3.05, 3.63) is 64.0 Å². The number of thiazole rings is 1. The molecule has 0 amide bonds. The number of aliphatic imine (C=N–C) groups is 1. The molecule has 0 fully saturated rings. The third-order valence-corrected chi connectivity index (χ3v) is 4.89. The van der Waals surface area contributed by atoms with Crippen molar-refractivity contribution in [3.8, 4) is 11.3 Å². The molecule has 2 aromatic rings. The van der Waals surface area contributed by atoms with Gasteiger partial charge in [-0.1, -0.05) is 31.2 Å². The Hall–Kier alpha value is -2.68. The van der Waals surface area contributed by atoms with Gasteiger partial charge in [0.25, 0.3) is 0 Å². The van der Waals surface area contributed by atoms with Gasteiger partial charge < -0.3 is 4.98 Å². The molecule has 1 N–H and O–H groups in total. The van der Waals surface area contributed by atoms with E-state index in [0.717, 1.165) is 39.6 Å². The van der Waals surface area contributed by atoms with E-state index in [4.69, 9.17) is 4.98 Å². The number of aromatic nitrogens is 2. The van der Waals surface area contributed by atoms with E-state index in [2.05, 4.69) is 46.2 Å². The van der Waals surface area contributed by atoms with Crippen LogP contribution in [0.4, 0.5) is 0 Å². The molecule has 2 aromatic heterocycles. The van der Waals surface area contributed by atoms with Crippen LogP contribution in [0, 0.1) is 5.92 Å². The highest BCUT2D eigenvalue weighted by molar-refractivity contribution is 7.11. The van der Waals surface area contributed by atoms with Crippen LogP contribution in [-0.2, 0) is 0 Å². The van der Waals surface area contributed by atoms with Crippen LogP contribution in [0.25, 0.3) is 29.1 Å². The standard InChI is InChI=1S/C20H17N3S.H2/c1-14-7-5-6-10-21-18(11-14)20-23-19(13-24-20)16-12-22-17-9-4-2-3-8-15(16)17;/h2-3,5-6,8-14,22H,7H2,1H3;1H/b6-5+,18-11-,21-10+;. The van der Waals surface area contributed by atoms with Crippen LogP contribution < -0.4 is 0 Å². The smallest absolute Gasteiger partial charge is 0.142 e. The van der Waals surface area contributed by atoms with Crippen LogP contribution in [-0.4, -0.2) is 16.2 Å². The van der Waals surface area contributed by atoms with Crippen molar-refractivity contribution in [1.29, 1.82) is 0 Å². The SMILES string of the molecule is CC1\C=C(c2nc(-c3c[nH]c4c3C=CC=C=C4)cs2)/N=C/C=C/C1.[HH]. The van der Waals surface area contributed by atoms with Gasteiger partial charge in [0.05, 0.1) is 17.1 Å². The van der Waals surface area contributed by atoms with E-state index in [1.807, 2.05) is 36.7 Å². The number of nitrogens with one attached hydrogen (secondary N) is 1. The second kappa shape index (κ2) is 6.44. The van der Waals surface area contributed by atoms with Crippen LogP contribution in [0.15, 0.2) is 52.7 Å². The van der Waals surface area contributed by atoms with Gasteiger partial charge in [-0.15, -0.1) is 17.1 Å². The summed E-state index contributed by atoms with van der Waals surface area (Å²) >= 11 is 1.64. The van der Waals surface area contributed by atoms with Crippen LogP contribution in [0.2, 0.25) is 0 Å². The second-order valence-electron chi connectivity index (χ2n) is 5.88. The summed E-state index contributed by atoms with van der Waals surface area (Å²) in [6.07, 6.45) is 19.2. The van der Waals surface area contributed by atoms with Gasteiger partial charge in [-0.2, -0.15) is 0 Å². The van der Waals surface area contributed by atoms with E-state index in [9.17, 15) is 0 Å². The molecule has 1 atom stereocenters. The molecule has 0 bridgehead atoms. The monoisotopic (exact) mass is 333 g/mol. The molecule has 120 valence electrons. The fraction of sp³-hybridized carbons (Fsp3) is 0.150. The van der Waals surface area contributed by atoms with E-state index >= 15 is 0 Å². The number of hydrogen-bond acceptors (Lipinski definition) is 3. The summed E-state index contributed by atoms with van der Waals surface area (Å²) in [7, 11) is 0. The lowest BCUT2D eigenvalue weighted by Crippen LogP contribution is -1.93. The number of hydrogen-bond donors (Lipinski definition) is 1. The topological polar surface area (TPSA) is 41.0 Å². The Balaban J connectivity index is 0.00000182. The van der Waals surface area contributed by atoms with Crippen molar-refractivity contribution in [2.24, 2.45) is 10.9 Å². The molecule has 3 heterocycles. The fourth-order valence-electron chi connectivity index (χ4n) is 2.79. The van der Waals surface area contributed by atoms with Crippen molar-refractivity contribution >= 4 is 35.4 Å². The molecule has 0 saturated carbocycles. The Morgan fingerprint density at radius 1 is 1.38 bits per heavy atom. The van der Waals surface area contributed by atoms with E-state index in [1.54, 1.807) is 11.3 Å². The third-order valence-electron chi connectivity index (χ3n) is 4.02. The summed E-state index contributed by atoms with van der Waals surface area (Å²) < 4.78 is 0. The molecule has 1 unspecified atom stereocenters. The molecule has 4 heteroatoms. The zero-order valence-electron chi connectivity index (χ0n) is 13.4. The zero-order chi connectivity index (χ0) is 16.4. The van der Waals surface area contributed by atoms with Gasteiger partial charge in [0.15, 0.2) is 0 Å². The second-order valence-corrected chi connectivity index (χ2v) is 6.73. The number of allylic oxidation sites excluding steroid dienone is 5. The maximum atomic E-state index is 4.84. The van der Waals surface area contributed by atoms with Gasteiger partial charge >= 0.3 is 0 Å². The summed E-state index contributed by atoms with van der Waals surface area (Å²) in [4.78, 5) is 12.7. The normalized spacial score (nSPS) is 23.7. The highest BCUT2D eigenvalue weighted by Crippen LogP contribution is 2.32. The highest BCUT2D eigenvalue weighted by Gasteiger charge is 2.15. The molecule has 24 heavy (non-hydrogen) atoms. The molecule has 0 spiro atoms. The maximum absolute atomic E-state index is 4.84. The average molecular weight is 333 g/mol. The van der Waals surface area contributed by atoms with Crippen LogP contribution >= 0.6 is 11.3 Å². The number of aromatic amines is 1. The molecule has 3 nitrogen and oxygen atoms in total. The Bertz CT molecular complexity index is 949. The predicted octanol–water partition coefficient (Wildman–Crippen LogP) is 5.59. The van der Waals surface area contributed by atoms with Crippen molar-refractivity contribution in [3.63, 3.8) is 0 Å². The quantitative estimate of drug-likeness (QED) is 0.715. The lowest BCUT2D eigenvalue weighted by atomic mass is 10.1. The van der Waals surface area contributed by atoms with Crippen molar-refractivity contribution in [1.82, 2.24) is 9.97 Å².